The molecule has 2 rings (SSSR count). The third-order valence-corrected chi connectivity index (χ3v) is 6.11. The van der Waals surface area contributed by atoms with Crippen molar-refractivity contribution >= 4 is 56.1 Å². The van der Waals surface area contributed by atoms with Gasteiger partial charge in [0.1, 0.15) is 4.32 Å². The van der Waals surface area contributed by atoms with Gasteiger partial charge in [-0.25, -0.2) is 0 Å². The molecule has 148 valence electrons. The van der Waals surface area contributed by atoms with Crippen LogP contribution in [0.4, 0.5) is 5.69 Å². The molecule has 1 N–H and O–H groups in total. The maximum absolute atomic E-state index is 12.3. The number of benzene rings is 1. The quantitative estimate of drug-likeness (QED) is 0.278. The van der Waals surface area contributed by atoms with Crippen molar-refractivity contribution in [3.8, 4) is 0 Å². The number of hydrogen-bond acceptors (Lipinski definition) is 6. The molecule has 27 heavy (non-hydrogen) atoms. The first kappa shape index (κ1) is 21.9. The van der Waals surface area contributed by atoms with Crippen LogP contribution in [-0.4, -0.2) is 47.6 Å². The summed E-state index contributed by atoms with van der Waals surface area (Å²) in [7, 11) is -2.27. The molecule has 0 aliphatic carbocycles. The number of carbonyl (C=O) groups is 1. The number of nitrogens with zero attached hydrogens (tertiary/aromatic N) is 2. The van der Waals surface area contributed by atoms with Crippen LogP contribution in [0.15, 0.2) is 29.2 Å². The summed E-state index contributed by atoms with van der Waals surface area (Å²) in [6, 6.07) is 7.80. The first-order valence-corrected chi connectivity index (χ1v) is 11.6. The van der Waals surface area contributed by atoms with Crippen LogP contribution in [0, 0.1) is 0 Å². The summed E-state index contributed by atoms with van der Waals surface area (Å²) in [5, 5.41) is 0. The zero-order chi connectivity index (χ0) is 20.0. The molecule has 0 spiro atoms. The maximum Gasteiger partial charge on any atom is 0.283 e. The molecule has 1 aromatic rings. The SMILES string of the molecule is CCCCCCN(C)c1ccc(C=C2SC(=S)N(CS(=O)(=O)O)C2=O)cc1. The number of rotatable bonds is 9. The second-order valence-electron chi connectivity index (χ2n) is 6.39. The van der Waals surface area contributed by atoms with Crippen LogP contribution in [0.5, 0.6) is 0 Å². The Bertz CT molecular complexity index is 820. The molecule has 1 amide bonds. The summed E-state index contributed by atoms with van der Waals surface area (Å²) in [5.74, 6) is -1.34. The Hall–Kier alpha value is -1.42. The Morgan fingerprint density at radius 3 is 2.48 bits per heavy atom. The fourth-order valence-corrected chi connectivity index (χ4v) is 4.65. The topological polar surface area (TPSA) is 77.9 Å². The third kappa shape index (κ3) is 6.60. The van der Waals surface area contributed by atoms with Crippen LogP contribution in [-0.2, 0) is 14.9 Å². The van der Waals surface area contributed by atoms with Gasteiger partial charge < -0.3 is 4.90 Å². The lowest BCUT2D eigenvalue weighted by Gasteiger charge is -2.19. The van der Waals surface area contributed by atoms with E-state index in [0.717, 1.165) is 40.9 Å². The molecule has 0 radical (unpaired) electrons. The van der Waals surface area contributed by atoms with Crippen molar-refractivity contribution < 1.29 is 17.8 Å². The minimum Gasteiger partial charge on any atom is -0.375 e. The van der Waals surface area contributed by atoms with Gasteiger partial charge in [0.15, 0.2) is 5.88 Å². The highest BCUT2D eigenvalue weighted by Gasteiger charge is 2.34. The van der Waals surface area contributed by atoms with E-state index in [-0.39, 0.29) is 4.32 Å². The lowest BCUT2D eigenvalue weighted by atomic mass is 10.1. The van der Waals surface area contributed by atoms with Crippen molar-refractivity contribution in [1.82, 2.24) is 4.90 Å². The Kier molecular flexibility index (Phi) is 7.84. The molecule has 1 aliphatic heterocycles. The zero-order valence-corrected chi connectivity index (χ0v) is 17.9. The molecule has 0 unspecified atom stereocenters. The first-order valence-electron chi connectivity index (χ1n) is 8.73. The van der Waals surface area contributed by atoms with E-state index < -0.39 is 21.9 Å². The average molecular weight is 429 g/mol. The molecule has 0 aromatic heterocycles. The number of unbranched alkanes of at least 4 members (excludes halogenated alkanes) is 3. The summed E-state index contributed by atoms with van der Waals surface area (Å²) in [6.45, 7) is 3.19. The Morgan fingerprint density at radius 2 is 1.89 bits per heavy atom. The molecule has 1 heterocycles. The van der Waals surface area contributed by atoms with E-state index >= 15 is 0 Å². The summed E-state index contributed by atoms with van der Waals surface area (Å²) in [4.78, 5) is 15.7. The molecule has 9 heteroatoms. The molecule has 1 saturated heterocycles. The molecule has 0 atom stereocenters. The molecule has 1 fully saturated rings. The molecule has 1 aliphatic rings. The van der Waals surface area contributed by atoms with Crippen LogP contribution < -0.4 is 4.90 Å². The van der Waals surface area contributed by atoms with E-state index in [1.807, 2.05) is 24.3 Å². The minimum absolute atomic E-state index is 0.118. The van der Waals surface area contributed by atoms with E-state index in [4.69, 9.17) is 16.8 Å². The van der Waals surface area contributed by atoms with E-state index in [1.54, 1.807) is 6.08 Å². The molecule has 6 nitrogen and oxygen atoms in total. The summed E-state index contributed by atoms with van der Waals surface area (Å²) >= 11 is 6.06. The van der Waals surface area contributed by atoms with Crippen molar-refractivity contribution in [1.29, 1.82) is 0 Å². The monoisotopic (exact) mass is 428 g/mol. The van der Waals surface area contributed by atoms with Crippen LogP contribution in [0.25, 0.3) is 6.08 Å². The van der Waals surface area contributed by atoms with Crippen LogP contribution in [0.3, 0.4) is 0 Å². The van der Waals surface area contributed by atoms with E-state index in [2.05, 4.69) is 18.9 Å². The Labute approximate surface area is 170 Å². The van der Waals surface area contributed by atoms with Crippen molar-refractivity contribution in [3.63, 3.8) is 0 Å². The van der Waals surface area contributed by atoms with Gasteiger partial charge in [0.2, 0.25) is 0 Å². The molecule has 0 bridgehead atoms. The van der Waals surface area contributed by atoms with Gasteiger partial charge in [-0.15, -0.1) is 0 Å². The van der Waals surface area contributed by atoms with Crippen molar-refractivity contribution in [2.75, 3.05) is 24.4 Å². The summed E-state index contributed by atoms with van der Waals surface area (Å²) in [6.07, 6.45) is 6.53. The van der Waals surface area contributed by atoms with Gasteiger partial charge in [-0.05, 0) is 30.2 Å². The van der Waals surface area contributed by atoms with Gasteiger partial charge in [0.25, 0.3) is 16.0 Å². The highest BCUT2D eigenvalue weighted by molar-refractivity contribution is 8.26. The average Bonchev–Trinajstić information content (AvgIpc) is 2.85. The van der Waals surface area contributed by atoms with Crippen LogP contribution >= 0.6 is 24.0 Å². The fraction of sp³-hybridized carbons (Fsp3) is 0.444. The number of thiocarbonyl (C=S) groups is 1. The highest BCUT2D eigenvalue weighted by atomic mass is 32.2. The van der Waals surface area contributed by atoms with Gasteiger partial charge >= 0.3 is 0 Å². The predicted octanol–water partition coefficient (Wildman–Crippen LogP) is 3.75. The van der Waals surface area contributed by atoms with Gasteiger partial charge in [-0.1, -0.05) is 62.3 Å². The Balaban J connectivity index is 2.03. The highest BCUT2D eigenvalue weighted by Crippen LogP contribution is 2.33. The first-order chi connectivity index (χ1) is 12.7. The predicted molar refractivity (Wildman–Crippen MR) is 115 cm³/mol. The van der Waals surface area contributed by atoms with Gasteiger partial charge in [0, 0.05) is 19.3 Å². The van der Waals surface area contributed by atoms with Crippen LogP contribution in [0.2, 0.25) is 0 Å². The molecule has 0 saturated carbocycles. The number of anilines is 1. The molecular weight excluding hydrogens is 404 g/mol. The number of thioether (sulfide) groups is 1. The van der Waals surface area contributed by atoms with Crippen molar-refractivity contribution in [3.05, 3.63) is 34.7 Å². The normalized spacial score (nSPS) is 16.4. The van der Waals surface area contributed by atoms with Gasteiger partial charge in [0.05, 0.1) is 4.91 Å². The van der Waals surface area contributed by atoms with E-state index in [9.17, 15) is 13.2 Å². The van der Waals surface area contributed by atoms with Crippen molar-refractivity contribution in [2.24, 2.45) is 0 Å². The van der Waals surface area contributed by atoms with Gasteiger partial charge in [-0.3, -0.25) is 14.2 Å². The standard InChI is InChI=1S/C18H24N2O4S3/c1-3-4-5-6-11-19(2)15-9-7-14(8-10-15)12-16-17(21)20(18(25)26-16)13-27(22,23)24/h7-10,12H,3-6,11,13H2,1-2H3,(H,22,23,24). The number of hydrogen-bond donors (Lipinski definition) is 1. The number of amides is 1. The largest absolute Gasteiger partial charge is 0.375 e. The lowest BCUT2D eigenvalue weighted by Crippen LogP contribution is -2.33. The van der Waals surface area contributed by atoms with E-state index in [1.165, 1.54) is 19.3 Å². The van der Waals surface area contributed by atoms with Crippen molar-refractivity contribution in [2.45, 2.75) is 32.6 Å². The summed E-state index contributed by atoms with van der Waals surface area (Å²) < 4.78 is 31.1. The number of carbonyl (C=O) groups excluding carboxylic acids is 1. The second-order valence-corrected chi connectivity index (χ2v) is 9.49. The lowest BCUT2D eigenvalue weighted by molar-refractivity contribution is -0.121. The molecular formula is C18H24N2O4S3. The maximum atomic E-state index is 12.3. The Morgan fingerprint density at radius 1 is 1.22 bits per heavy atom. The fourth-order valence-electron chi connectivity index (χ4n) is 2.66. The van der Waals surface area contributed by atoms with E-state index in [0.29, 0.717) is 4.91 Å². The summed E-state index contributed by atoms with van der Waals surface area (Å²) in [5.41, 5.74) is 1.92. The second kappa shape index (κ2) is 9.68. The van der Waals surface area contributed by atoms with Crippen LogP contribution in [0.1, 0.15) is 38.2 Å². The molecule has 1 aromatic carbocycles. The van der Waals surface area contributed by atoms with Gasteiger partial charge in [-0.2, -0.15) is 8.42 Å². The smallest absolute Gasteiger partial charge is 0.283 e. The third-order valence-electron chi connectivity index (χ3n) is 4.14. The minimum atomic E-state index is -4.32. The zero-order valence-electron chi connectivity index (χ0n) is 15.4.